The molecule has 0 bridgehead atoms. The Morgan fingerprint density at radius 3 is 2.26 bits per heavy atom. The van der Waals surface area contributed by atoms with Crippen molar-refractivity contribution >= 4 is 5.97 Å². The average molecular weight is 469 g/mol. The van der Waals surface area contributed by atoms with Crippen molar-refractivity contribution in [3.8, 4) is 0 Å². The van der Waals surface area contributed by atoms with E-state index in [-0.39, 0.29) is 17.5 Å². The van der Waals surface area contributed by atoms with Crippen molar-refractivity contribution in [3.63, 3.8) is 0 Å². The number of esters is 1. The second-order valence-electron chi connectivity index (χ2n) is 15.3. The lowest BCUT2D eigenvalue weighted by Crippen LogP contribution is -2.65. The van der Waals surface area contributed by atoms with Gasteiger partial charge in [-0.15, -0.1) is 0 Å². The van der Waals surface area contributed by atoms with Crippen molar-refractivity contribution in [2.24, 2.45) is 56.7 Å². The van der Waals surface area contributed by atoms with E-state index in [1.807, 2.05) is 5.57 Å². The number of ether oxygens (including phenoxy) is 1. The summed E-state index contributed by atoms with van der Waals surface area (Å²) < 4.78 is 5.91. The smallest absolute Gasteiger partial charge is 0.302 e. The minimum Gasteiger partial charge on any atom is -0.462 e. The number of allylic oxidation sites excluding steroid dienone is 2. The lowest BCUT2D eigenvalue weighted by Gasteiger charge is -2.71. The molecule has 2 nitrogen and oxygen atoms in total. The van der Waals surface area contributed by atoms with Crippen LogP contribution in [0, 0.1) is 56.7 Å². The van der Waals surface area contributed by atoms with E-state index in [9.17, 15) is 4.79 Å². The number of fused-ring (bicyclic) bond motifs is 7. The number of carbonyl (C=O) groups is 1. The van der Waals surface area contributed by atoms with Crippen LogP contribution in [0.1, 0.15) is 120 Å². The molecule has 4 saturated carbocycles. The summed E-state index contributed by atoms with van der Waals surface area (Å²) in [6, 6.07) is 0. The molecular weight excluding hydrogens is 416 g/mol. The molecule has 0 spiro atoms. The molecule has 5 aliphatic carbocycles. The summed E-state index contributed by atoms with van der Waals surface area (Å²) in [5.74, 6) is 3.66. The van der Waals surface area contributed by atoms with Crippen LogP contribution in [0.5, 0.6) is 0 Å². The van der Waals surface area contributed by atoms with Crippen molar-refractivity contribution in [3.05, 3.63) is 11.6 Å². The van der Waals surface area contributed by atoms with Crippen molar-refractivity contribution in [2.75, 3.05) is 0 Å². The van der Waals surface area contributed by atoms with Crippen LogP contribution in [0.25, 0.3) is 0 Å². The number of carbonyl (C=O) groups excluding carboxylic acids is 1. The SMILES string of the molecule is CC(=O)O[C@@H]1CC[C@@]2(C)[C@@H](CC[C@@]3(C)[C@H]2CC=C2[C@@H]4[C@H](C)[C@H](C)CC[C@]4(C)CC[C@]23C)C1(C)C. The molecular formula is C32H52O2. The zero-order chi connectivity index (χ0) is 24.9. The van der Waals surface area contributed by atoms with E-state index in [1.54, 1.807) is 6.92 Å². The van der Waals surface area contributed by atoms with Gasteiger partial charge in [-0.3, -0.25) is 4.79 Å². The Labute approximate surface area is 210 Å². The maximum atomic E-state index is 11.9. The molecule has 0 unspecified atom stereocenters. The molecule has 0 amide bonds. The molecule has 0 N–H and O–H groups in total. The fourth-order valence-electron chi connectivity index (χ4n) is 11.2. The number of hydrogen-bond donors (Lipinski definition) is 0. The van der Waals surface area contributed by atoms with Crippen LogP contribution < -0.4 is 0 Å². The molecule has 34 heavy (non-hydrogen) atoms. The summed E-state index contributed by atoms with van der Waals surface area (Å²) >= 11 is 0. The average Bonchev–Trinajstić information content (AvgIpc) is 2.74. The zero-order valence-electron chi connectivity index (χ0n) is 23.7. The molecule has 10 atom stereocenters. The molecule has 0 heterocycles. The summed E-state index contributed by atoms with van der Waals surface area (Å²) in [5.41, 5.74) is 3.44. The van der Waals surface area contributed by atoms with Gasteiger partial charge in [0.25, 0.3) is 0 Å². The highest BCUT2D eigenvalue weighted by atomic mass is 16.5. The van der Waals surface area contributed by atoms with Crippen molar-refractivity contribution in [1.82, 2.24) is 0 Å². The molecule has 192 valence electrons. The van der Waals surface area contributed by atoms with Gasteiger partial charge in [-0.2, -0.15) is 0 Å². The summed E-state index contributed by atoms with van der Waals surface area (Å²) in [5, 5.41) is 0. The minimum atomic E-state index is -0.110. The van der Waals surface area contributed by atoms with Crippen molar-refractivity contribution in [1.29, 1.82) is 0 Å². The number of hydrogen-bond acceptors (Lipinski definition) is 2. The summed E-state index contributed by atoms with van der Waals surface area (Å²) in [7, 11) is 0. The van der Waals surface area contributed by atoms with E-state index in [2.05, 4.69) is 61.5 Å². The Bertz CT molecular complexity index is 885. The second kappa shape index (κ2) is 7.61. The minimum absolute atomic E-state index is 0.0450. The predicted octanol–water partition coefficient (Wildman–Crippen LogP) is 8.60. The molecule has 0 aromatic carbocycles. The zero-order valence-corrected chi connectivity index (χ0v) is 23.7. The Morgan fingerprint density at radius 1 is 0.882 bits per heavy atom. The van der Waals surface area contributed by atoms with Crippen LogP contribution in [-0.4, -0.2) is 12.1 Å². The van der Waals surface area contributed by atoms with Crippen LogP contribution in [0.4, 0.5) is 0 Å². The monoisotopic (exact) mass is 468 g/mol. The first-order valence-corrected chi connectivity index (χ1v) is 14.6. The molecule has 0 aliphatic heterocycles. The molecule has 5 rings (SSSR count). The van der Waals surface area contributed by atoms with Crippen LogP contribution in [0.2, 0.25) is 0 Å². The van der Waals surface area contributed by atoms with Gasteiger partial charge in [0, 0.05) is 12.3 Å². The largest absolute Gasteiger partial charge is 0.462 e. The number of rotatable bonds is 1. The quantitative estimate of drug-likeness (QED) is 0.284. The molecule has 0 aromatic heterocycles. The third-order valence-corrected chi connectivity index (χ3v) is 13.6. The Balaban J connectivity index is 1.54. The normalized spacial score (nSPS) is 54.0. The van der Waals surface area contributed by atoms with Gasteiger partial charge >= 0.3 is 5.97 Å². The fourth-order valence-corrected chi connectivity index (χ4v) is 11.2. The predicted molar refractivity (Wildman–Crippen MR) is 140 cm³/mol. The summed E-state index contributed by atoms with van der Waals surface area (Å²) in [6.45, 7) is 22.1. The molecule has 2 heteroatoms. The standard InChI is InChI=1S/C32H52O2/c1-20-12-15-29(6)18-19-31(8)23(27(29)21(20)2)10-11-25-30(7)16-14-26(34-22(3)33)28(4,5)24(30)13-17-32(25,31)9/h10,20-21,24-27H,11-19H2,1-9H3/t20-,21-,24+,25+,26-,27+,29-,30+,31-,32+/m1/s1. The van der Waals surface area contributed by atoms with E-state index in [0.717, 1.165) is 30.1 Å². The van der Waals surface area contributed by atoms with Gasteiger partial charge in [0.1, 0.15) is 6.10 Å². The van der Waals surface area contributed by atoms with Gasteiger partial charge in [-0.1, -0.05) is 67.0 Å². The van der Waals surface area contributed by atoms with Crippen LogP contribution in [0.3, 0.4) is 0 Å². The molecule has 4 fully saturated rings. The van der Waals surface area contributed by atoms with Gasteiger partial charge in [-0.05, 0) is 109 Å². The highest BCUT2D eigenvalue weighted by Crippen LogP contribution is 2.75. The highest BCUT2D eigenvalue weighted by molar-refractivity contribution is 5.66. The molecule has 0 radical (unpaired) electrons. The van der Waals surface area contributed by atoms with E-state index in [0.29, 0.717) is 27.6 Å². The molecule has 0 aromatic rings. The van der Waals surface area contributed by atoms with Gasteiger partial charge < -0.3 is 4.74 Å². The van der Waals surface area contributed by atoms with Gasteiger partial charge in [0.2, 0.25) is 0 Å². The van der Waals surface area contributed by atoms with E-state index in [4.69, 9.17) is 4.74 Å². The topological polar surface area (TPSA) is 26.3 Å². The van der Waals surface area contributed by atoms with E-state index >= 15 is 0 Å². The lowest BCUT2D eigenvalue weighted by atomic mass is 9.33. The van der Waals surface area contributed by atoms with Gasteiger partial charge in [0.05, 0.1) is 0 Å². The van der Waals surface area contributed by atoms with Gasteiger partial charge in [0.15, 0.2) is 0 Å². The maximum Gasteiger partial charge on any atom is 0.302 e. The third-order valence-electron chi connectivity index (χ3n) is 13.6. The maximum absolute atomic E-state index is 11.9. The highest BCUT2D eigenvalue weighted by Gasteiger charge is 2.68. The Hall–Kier alpha value is -0.790. The first-order valence-electron chi connectivity index (χ1n) is 14.6. The molecule has 0 saturated heterocycles. The first kappa shape index (κ1) is 24.9. The Kier molecular flexibility index (Phi) is 5.57. The summed E-state index contributed by atoms with van der Waals surface area (Å²) in [6.07, 6.45) is 14.6. The van der Waals surface area contributed by atoms with E-state index in [1.165, 1.54) is 51.4 Å². The fraction of sp³-hybridized carbons (Fsp3) is 0.906. The Morgan fingerprint density at radius 2 is 1.59 bits per heavy atom. The first-order chi connectivity index (χ1) is 15.7. The third kappa shape index (κ3) is 3.08. The molecule has 5 aliphatic rings. The van der Waals surface area contributed by atoms with E-state index < -0.39 is 0 Å². The van der Waals surface area contributed by atoms with Gasteiger partial charge in [-0.25, -0.2) is 0 Å². The van der Waals surface area contributed by atoms with Crippen LogP contribution >= 0.6 is 0 Å². The van der Waals surface area contributed by atoms with Crippen LogP contribution in [-0.2, 0) is 9.53 Å². The summed E-state index contributed by atoms with van der Waals surface area (Å²) in [4.78, 5) is 11.9. The lowest BCUT2D eigenvalue weighted by molar-refractivity contribution is -0.212. The van der Waals surface area contributed by atoms with Crippen molar-refractivity contribution in [2.45, 2.75) is 126 Å². The van der Waals surface area contributed by atoms with Crippen LogP contribution in [0.15, 0.2) is 11.6 Å². The second-order valence-corrected chi connectivity index (χ2v) is 15.3. The van der Waals surface area contributed by atoms with Crippen molar-refractivity contribution < 1.29 is 9.53 Å².